The van der Waals surface area contributed by atoms with Crippen LogP contribution in [-0.4, -0.2) is 83.4 Å². The van der Waals surface area contributed by atoms with Crippen molar-refractivity contribution >= 4 is 20.0 Å². The van der Waals surface area contributed by atoms with Gasteiger partial charge in [-0.25, -0.2) is 21.6 Å². The standard InChI is InChI=1S/C33H40N4O7S2/c1-2-36-45(39,40)31-7-4-6-30(20-31)43-24-29(38)22-35-28-21-33(44-23-28)14-17-37(18-15-33)46(41,42)32-8-3-5-27(19-32)26-11-9-25(10-12-26)13-16-34/h3-12,19-20,28-29,35-36,38H,2,13-15,17-18,21-24H2,1H3/t28?,29-/m0/s1. The number of rotatable bonds is 13. The van der Waals surface area contributed by atoms with Gasteiger partial charge in [0.25, 0.3) is 0 Å². The number of ether oxygens (including phenoxy) is 2. The lowest BCUT2D eigenvalue weighted by Crippen LogP contribution is -2.47. The molecule has 1 unspecified atom stereocenters. The molecule has 1 spiro atoms. The van der Waals surface area contributed by atoms with E-state index in [0.29, 0.717) is 51.1 Å². The first-order valence-electron chi connectivity index (χ1n) is 15.4. The summed E-state index contributed by atoms with van der Waals surface area (Å²) in [7, 11) is -7.31. The van der Waals surface area contributed by atoms with E-state index in [2.05, 4.69) is 16.1 Å². The van der Waals surface area contributed by atoms with E-state index < -0.39 is 31.8 Å². The van der Waals surface area contributed by atoms with Crippen LogP contribution in [-0.2, 0) is 31.2 Å². The largest absolute Gasteiger partial charge is 0.491 e. The molecule has 0 bridgehead atoms. The minimum Gasteiger partial charge on any atom is -0.491 e. The van der Waals surface area contributed by atoms with Crippen LogP contribution in [0.1, 0.15) is 31.7 Å². The van der Waals surface area contributed by atoms with Crippen molar-refractivity contribution in [2.75, 3.05) is 39.4 Å². The predicted molar refractivity (Wildman–Crippen MR) is 173 cm³/mol. The molecule has 13 heteroatoms. The Labute approximate surface area is 271 Å². The van der Waals surface area contributed by atoms with E-state index in [1.807, 2.05) is 30.3 Å². The van der Waals surface area contributed by atoms with Gasteiger partial charge in [-0.2, -0.15) is 9.57 Å². The fraction of sp³-hybridized carbons (Fsp3) is 0.424. The zero-order valence-corrected chi connectivity index (χ0v) is 27.4. The normalized spacial score (nSPS) is 19.1. The predicted octanol–water partition coefficient (Wildman–Crippen LogP) is 3.06. The number of sulfonamides is 2. The van der Waals surface area contributed by atoms with Gasteiger partial charge >= 0.3 is 0 Å². The Balaban J connectivity index is 1.10. The first kappa shape index (κ1) is 34.0. The van der Waals surface area contributed by atoms with Gasteiger partial charge in [0.15, 0.2) is 0 Å². The molecule has 46 heavy (non-hydrogen) atoms. The second kappa shape index (κ2) is 14.6. The van der Waals surface area contributed by atoms with Crippen molar-refractivity contribution < 1.29 is 31.4 Å². The molecule has 0 aliphatic carbocycles. The number of hydrogen-bond acceptors (Lipinski definition) is 9. The first-order chi connectivity index (χ1) is 22.0. The molecule has 2 atom stereocenters. The number of nitrogens with zero attached hydrogens (tertiary/aromatic N) is 2. The zero-order valence-electron chi connectivity index (χ0n) is 25.8. The number of nitriles is 1. The minimum absolute atomic E-state index is 0.00243. The lowest BCUT2D eigenvalue weighted by molar-refractivity contribution is -0.0312. The minimum atomic E-state index is -3.70. The molecule has 0 radical (unpaired) electrons. The Morgan fingerprint density at radius 2 is 1.74 bits per heavy atom. The molecule has 3 aromatic rings. The third-order valence-electron chi connectivity index (χ3n) is 8.42. The summed E-state index contributed by atoms with van der Waals surface area (Å²) < 4.78 is 67.5. The third-order valence-corrected chi connectivity index (χ3v) is 11.9. The smallest absolute Gasteiger partial charge is 0.243 e. The van der Waals surface area contributed by atoms with Crippen LogP contribution in [0.2, 0.25) is 0 Å². The van der Waals surface area contributed by atoms with E-state index in [1.54, 1.807) is 37.3 Å². The van der Waals surface area contributed by atoms with Gasteiger partial charge in [-0.15, -0.1) is 0 Å². The van der Waals surface area contributed by atoms with Gasteiger partial charge in [-0.3, -0.25) is 0 Å². The molecule has 3 aromatic carbocycles. The van der Waals surface area contributed by atoms with Gasteiger partial charge in [0, 0.05) is 38.3 Å². The highest BCUT2D eigenvalue weighted by molar-refractivity contribution is 7.89. The third kappa shape index (κ3) is 8.13. The van der Waals surface area contributed by atoms with Crippen LogP contribution in [0.15, 0.2) is 82.6 Å². The molecule has 2 saturated heterocycles. The molecule has 0 amide bonds. The van der Waals surface area contributed by atoms with E-state index >= 15 is 0 Å². The van der Waals surface area contributed by atoms with E-state index in [-0.39, 0.29) is 35.5 Å². The van der Waals surface area contributed by atoms with Gasteiger partial charge in [-0.05, 0) is 60.2 Å². The van der Waals surface area contributed by atoms with Gasteiger partial charge in [0.05, 0.1) is 34.5 Å². The number of hydrogen-bond donors (Lipinski definition) is 3. The molecular formula is C33H40N4O7S2. The van der Waals surface area contributed by atoms with E-state index in [1.165, 1.54) is 16.4 Å². The van der Waals surface area contributed by atoms with Gasteiger partial charge < -0.3 is 19.9 Å². The Hall–Kier alpha value is -3.35. The second-order valence-electron chi connectivity index (χ2n) is 11.7. The average molecular weight is 669 g/mol. The van der Waals surface area contributed by atoms with Crippen LogP contribution in [0.5, 0.6) is 5.75 Å². The Kier molecular flexibility index (Phi) is 10.8. The number of piperidine rings is 1. The van der Waals surface area contributed by atoms with Crippen molar-refractivity contribution in [2.24, 2.45) is 0 Å². The molecule has 11 nitrogen and oxygen atoms in total. The van der Waals surface area contributed by atoms with Crippen molar-refractivity contribution in [3.8, 4) is 22.9 Å². The number of benzene rings is 3. The monoisotopic (exact) mass is 668 g/mol. The fourth-order valence-electron chi connectivity index (χ4n) is 5.91. The lowest BCUT2D eigenvalue weighted by atomic mass is 9.88. The van der Waals surface area contributed by atoms with Crippen molar-refractivity contribution in [1.82, 2.24) is 14.3 Å². The second-order valence-corrected chi connectivity index (χ2v) is 15.4. The lowest BCUT2D eigenvalue weighted by Gasteiger charge is -2.38. The van der Waals surface area contributed by atoms with Gasteiger partial charge in [0.1, 0.15) is 18.5 Å². The molecule has 3 N–H and O–H groups in total. The summed E-state index contributed by atoms with van der Waals surface area (Å²) in [6.07, 6.45) is 1.34. The summed E-state index contributed by atoms with van der Waals surface area (Å²) in [4.78, 5) is 0.343. The van der Waals surface area contributed by atoms with E-state index in [4.69, 9.17) is 14.7 Å². The molecule has 2 heterocycles. The molecule has 246 valence electrons. The molecule has 2 aliphatic heterocycles. The molecular weight excluding hydrogens is 629 g/mol. The highest BCUT2D eigenvalue weighted by Crippen LogP contribution is 2.37. The van der Waals surface area contributed by atoms with Crippen molar-refractivity contribution in [3.63, 3.8) is 0 Å². The summed E-state index contributed by atoms with van der Waals surface area (Å²) in [6.45, 7) is 3.38. The fourth-order valence-corrected chi connectivity index (χ4v) is 8.47. The summed E-state index contributed by atoms with van der Waals surface area (Å²) in [6, 6.07) is 22.8. The Morgan fingerprint density at radius 3 is 2.46 bits per heavy atom. The Morgan fingerprint density at radius 1 is 1.02 bits per heavy atom. The summed E-state index contributed by atoms with van der Waals surface area (Å²) in [5, 5.41) is 22.7. The van der Waals surface area contributed by atoms with Gasteiger partial charge in [0.2, 0.25) is 20.0 Å². The Bertz CT molecular complexity index is 1750. The van der Waals surface area contributed by atoms with Crippen molar-refractivity contribution in [3.05, 3.63) is 78.4 Å². The van der Waals surface area contributed by atoms with Crippen LogP contribution in [0.25, 0.3) is 11.1 Å². The topological polar surface area (TPSA) is 158 Å². The molecule has 2 aliphatic rings. The summed E-state index contributed by atoms with van der Waals surface area (Å²) in [5.41, 5.74) is 2.17. The molecule has 0 saturated carbocycles. The SMILES string of the molecule is CCNS(=O)(=O)c1cccc(OC[C@@H](O)CNC2COC3(CCN(S(=O)(=O)c4cccc(-c5ccc(CC#N)cc5)c4)CC3)C2)c1. The molecule has 5 rings (SSSR count). The van der Waals surface area contributed by atoms with Crippen molar-refractivity contribution in [1.29, 1.82) is 5.26 Å². The highest BCUT2D eigenvalue weighted by atomic mass is 32.2. The van der Waals surface area contributed by atoms with Crippen LogP contribution >= 0.6 is 0 Å². The maximum atomic E-state index is 13.6. The number of aliphatic hydroxyl groups is 1. The average Bonchev–Trinajstić information content (AvgIpc) is 3.45. The van der Waals surface area contributed by atoms with Crippen LogP contribution in [0, 0.1) is 11.3 Å². The molecule has 2 fully saturated rings. The van der Waals surface area contributed by atoms with E-state index in [0.717, 1.165) is 16.7 Å². The maximum Gasteiger partial charge on any atom is 0.243 e. The van der Waals surface area contributed by atoms with Crippen LogP contribution in [0.4, 0.5) is 0 Å². The summed E-state index contributed by atoms with van der Waals surface area (Å²) in [5.74, 6) is 0.347. The first-order valence-corrected chi connectivity index (χ1v) is 18.3. The highest BCUT2D eigenvalue weighted by Gasteiger charge is 2.44. The van der Waals surface area contributed by atoms with Crippen LogP contribution in [0.3, 0.4) is 0 Å². The summed E-state index contributed by atoms with van der Waals surface area (Å²) >= 11 is 0. The van der Waals surface area contributed by atoms with E-state index in [9.17, 15) is 21.9 Å². The van der Waals surface area contributed by atoms with Crippen molar-refractivity contribution in [2.45, 2.75) is 60.1 Å². The number of aliphatic hydroxyl groups excluding tert-OH is 1. The van der Waals surface area contributed by atoms with Gasteiger partial charge in [-0.1, -0.05) is 49.4 Å². The van der Waals surface area contributed by atoms with Crippen LogP contribution < -0.4 is 14.8 Å². The zero-order chi connectivity index (χ0) is 32.8. The maximum absolute atomic E-state index is 13.6. The quantitative estimate of drug-likeness (QED) is 0.249. The molecule has 0 aromatic heterocycles. The number of nitrogens with one attached hydrogen (secondary N) is 2.